The quantitative estimate of drug-likeness (QED) is 0.750. The molecule has 0 amide bonds. The van der Waals surface area contributed by atoms with Crippen molar-refractivity contribution >= 4 is 0 Å². The number of aryl methyl sites for hydroxylation is 2. The fourth-order valence-electron chi connectivity index (χ4n) is 2.36. The molecule has 0 radical (unpaired) electrons. The van der Waals surface area contributed by atoms with E-state index < -0.39 is 0 Å². The van der Waals surface area contributed by atoms with Crippen molar-refractivity contribution in [3.63, 3.8) is 0 Å². The minimum Gasteiger partial charge on any atom is -0.314 e. The molecule has 1 saturated carbocycles. The van der Waals surface area contributed by atoms with E-state index in [1.165, 1.54) is 31.2 Å². The Kier molecular flexibility index (Phi) is 4.60. The van der Waals surface area contributed by atoms with Gasteiger partial charge in [-0.05, 0) is 57.1 Å². The van der Waals surface area contributed by atoms with E-state index in [4.69, 9.17) is 0 Å². The first kappa shape index (κ1) is 12.6. The van der Waals surface area contributed by atoms with Crippen molar-refractivity contribution in [2.24, 2.45) is 5.92 Å². The Hall–Kier alpha value is -0.830. The van der Waals surface area contributed by atoms with E-state index in [1.807, 2.05) is 10.9 Å². The number of hydrogen-bond donors (Lipinski definition) is 1. The van der Waals surface area contributed by atoms with Gasteiger partial charge in [0.05, 0.1) is 6.20 Å². The maximum absolute atomic E-state index is 4.33. The molecule has 1 aliphatic carbocycles. The third kappa shape index (κ3) is 3.84. The average molecular weight is 235 g/mol. The molecule has 1 heterocycles. The molecule has 0 bridgehead atoms. The molecule has 0 aromatic carbocycles. The van der Waals surface area contributed by atoms with Crippen LogP contribution in [0.15, 0.2) is 12.4 Å². The molecule has 1 atom stereocenters. The first-order valence-electron chi connectivity index (χ1n) is 7.08. The van der Waals surface area contributed by atoms with E-state index in [0.717, 1.165) is 31.5 Å². The molecule has 1 unspecified atom stereocenters. The minimum absolute atomic E-state index is 0.736. The van der Waals surface area contributed by atoms with Crippen LogP contribution in [0.1, 0.15) is 45.1 Å². The summed E-state index contributed by atoms with van der Waals surface area (Å²) in [5.41, 5.74) is 1.38. The van der Waals surface area contributed by atoms with Crippen molar-refractivity contribution in [1.82, 2.24) is 15.1 Å². The van der Waals surface area contributed by atoms with Gasteiger partial charge in [0.2, 0.25) is 0 Å². The molecule has 0 spiro atoms. The zero-order chi connectivity index (χ0) is 12.1. The van der Waals surface area contributed by atoms with Crippen molar-refractivity contribution < 1.29 is 0 Å². The van der Waals surface area contributed by atoms with Gasteiger partial charge in [-0.1, -0.05) is 6.92 Å². The first-order chi connectivity index (χ1) is 8.33. The zero-order valence-electron chi connectivity index (χ0n) is 11.2. The van der Waals surface area contributed by atoms with Crippen LogP contribution in [0.3, 0.4) is 0 Å². The van der Waals surface area contributed by atoms with Crippen LogP contribution < -0.4 is 5.32 Å². The highest BCUT2D eigenvalue weighted by molar-refractivity contribution is 5.05. The fraction of sp³-hybridized carbons (Fsp3) is 0.786. The summed E-state index contributed by atoms with van der Waals surface area (Å²) in [6.45, 7) is 6.50. The van der Waals surface area contributed by atoms with Gasteiger partial charge in [0.1, 0.15) is 0 Å². The Morgan fingerprint density at radius 2 is 2.29 bits per heavy atom. The van der Waals surface area contributed by atoms with Crippen molar-refractivity contribution in [2.75, 3.05) is 6.54 Å². The van der Waals surface area contributed by atoms with Crippen LogP contribution in [0.25, 0.3) is 0 Å². The Balaban J connectivity index is 1.77. The molecule has 96 valence electrons. The van der Waals surface area contributed by atoms with E-state index in [2.05, 4.69) is 30.5 Å². The van der Waals surface area contributed by atoms with Crippen LogP contribution in [-0.4, -0.2) is 22.4 Å². The van der Waals surface area contributed by atoms with Crippen LogP contribution in [0.5, 0.6) is 0 Å². The molecule has 2 rings (SSSR count). The molecular weight excluding hydrogens is 210 g/mol. The second-order valence-corrected chi connectivity index (χ2v) is 5.14. The first-order valence-corrected chi connectivity index (χ1v) is 7.08. The molecule has 0 saturated heterocycles. The van der Waals surface area contributed by atoms with Gasteiger partial charge < -0.3 is 5.32 Å². The predicted molar refractivity (Wildman–Crippen MR) is 71.0 cm³/mol. The lowest BCUT2D eigenvalue weighted by molar-refractivity contribution is 0.435. The molecular formula is C14H25N3. The SMILES string of the molecule is CCCNC(CCc1cnn(CC)c1)C1CC1. The van der Waals surface area contributed by atoms with Crippen molar-refractivity contribution in [1.29, 1.82) is 0 Å². The zero-order valence-corrected chi connectivity index (χ0v) is 11.2. The largest absolute Gasteiger partial charge is 0.314 e. The van der Waals surface area contributed by atoms with Crippen molar-refractivity contribution in [2.45, 2.75) is 58.5 Å². The third-order valence-corrected chi connectivity index (χ3v) is 3.60. The second kappa shape index (κ2) is 6.20. The van der Waals surface area contributed by atoms with E-state index >= 15 is 0 Å². The molecule has 1 aliphatic rings. The number of aromatic nitrogens is 2. The van der Waals surface area contributed by atoms with Crippen molar-refractivity contribution in [3.8, 4) is 0 Å². The number of nitrogens with one attached hydrogen (secondary N) is 1. The molecule has 1 aromatic heterocycles. The molecule has 3 nitrogen and oxygen atoms in total. The van der Waals surface area contributed by atoms with E-state index in [0.29, 0.717) is 0 Å². The molecule has 1 aromatic rings. The molecule has 1 fully saturated rings. The Morgan fingerprint density at radius 3 is 2.88 bits per heavy atom. The van der Waals surface area contributed by atoms with Gasteiger partial charge in [-0.3, -0.25) is 4.68 Å². The van der Waals surface area contributed by atoms with Crippen LogP contribution in [0, 0.1) is 5.92 Å². The van der Waals surface area contributed by atoms with Crippen LogP contribution in [0.4, 0.5) is 0 Å². The normalized spacial score (nSPS) is 17.3. The summed E-state index contributed by atoms with van der Waals surface area (Å²) in [4.78, 5) is 0. The van der Waals surface area contributed by atoms with Crippen LogP contribution >= 0.6 is 0 Å². The smallest absolute Gasteiger partial charge is 0.0521 e. The molecule has 0 aliphatic heterocycles. The summed E-state index contributed by atoms with van der Waals surface area (Å²) in [6, 6.07) is 0.736. The van der Waals surface area contributed by atoms with Gasteiger partial charge in [0, 0.05) is 18.8 Å². The Bertz CT molecular complexity index is 328. The Labute approximate surface area is 105 Å². The van der Waals surface area contributed by atoms with Gasteiger partial charge in [-0.25, -0.2) is 0 Å². The third-order valence-electron chi connectivity index (χ3n) is 3.60. The predicted octanol–water partition coefficient (Wildman–Crippen LogP) is 2.61. The Morgan fingerprint density at radius 1 is 1.47 bits per heavy atom. The fourth-order valence-corrected chi connectivity index (χ4v) is 2.36. The lowest BCUT2D eigenvalue weighted by Crippen LogP contribution is -2.32. The number of nitrogens with zero attached hydrogens (tertiary/aromatic N) is 2. The van der Waals surface area contributed by atoms with Gasteiger partial charge in [0.25, 0.3) is 0 Å². The highest BCUT2D eigenvalue weighted by atomic mass is 15.3. The molecule has 1 N–H and O–H groups in total. The lowest BCUT2D eigenvalue weighted by atomic mass is 10.0. The standard InChI is InChI=1S/C14H25N3/c1-3-9-15-14(13-6-7-13)8-5-12-10-16-17(4-2)11-12/h10-11,13-15H,3-9H2,1-2H3. The maximum Gasteiger partial charge on any atom is 0.0521 e. The van der Waals surface area contributed by atoms with Gasteiger partial charge in [0.15, 0.2) is 0 Å². The van der Waals surface area contributed by atoms with E-state index in [-0.39, 0.29) is 0 Å². The highest BCUT2D eigenvalue weighted by Gasteiger charge is 2.30. The topological polar surface area (TPSA) is 29.9 Å². The van der Waals surface area contributed by atoms with Gasteiger partial charge in [-0.15, -0.1) is 0 Å². The minimum atomic E-state index is 0.736. The van der Waals surface area contributed by atoms with Gasteiger partial charge >= 0.3 is 0 Å². The van der Waals surface area contributed by atoms with Crippen LogP contribution in [0.2, 0.25) is 0 Å². The summed E-state index contributed by atoms with van der Waals surface area (Å²) in [5.74, 6) is 0.947. The van der Waals surface area contributed by atoms with E-state index in [1.54, 1.807) is 0 Å². The summed E-state index contributed by atoms with van der Waals surface area (Å²) in [6.07, 6.45) is 10.7. The average Bonchev–Trinajstić information content (AvgIpc) is 3.08. The summed E-state index contributed by atoms with van der Waals surface area (Å²) in [5, 5.41) is 8.03. The number of rotatable bonds is 8. The van der Waals surface area contributed by atoms with Crippen molar-refractivity contribution in [3.05, 3.63) is 18.0 Å². The monoisotopic (exact) mass is 235 g/mol. The summed E-state index contributed by atoms with van der Waals surface area (Å²) >= 11 is 0. The van der Waals surface area contributed by atoms with Gasteiger partial charge in [-0.2, -0.15) is 5.10 Å². The molecule has 3 heteroatoms. The summed E-state index contributed by atoms with van der Waals surface area (Å²) in [7, 11) is 0. The summed E-state index contributed by atoms with van der Waals surface area (Å²) < 4.78 is 2.01. The van der Waals surface area contributed by atoms with Crippen LogP contribution in [-0.2, 0) is 13.0 Å². The molecule has 17 heavy (non-hydrogen) atoms. The number of hydrogen-bond acceptors (Lipinski definition) is 2. The highest BCUT2D eigenvalue weighted by Crippen LogP contribution is 2.34. The second-order valence-electron chi connectivity index (χ2n) is 5.14. The lowest BCUT2D eigenvalue weighted by Gasteiger charge is -2.17. The maximum atomic E-state index is 4.33. The van der Waals surface area contributed by atoms with E-state index in [9.17, 15) is 0 Å².